The quantitative estimate of drug-likeness (QED) is 0.825. The maximum atomic E-state index is 12.6. The minimum absolute atomic E-state index is 0.132. The van der Waals surface area contributed by atoms with Crippen molar-refractivity contribution in [1.29, 1.82) is 0 Å². The first-order valence-electron chi connectivity index (χ1n) is 7.75. The summed E-state index contributed by atoms with van der Waals surface area (Å²) in [5.74, 6) is -0.150. The topological polar surface area (TPSA) is 49.3 Å². The second kappa shape index (κ2) is 6.10. The molecule has 0 spiro atoms. The summed E-state index contributed by atoms with van der Waals surface area (Å²) in [4.78, 5) is 12.6. The van der Waals surface area contributed by atoms with Crippen molar-refractivity contribution in [1.82, 2.24) is 0 Å². The van der Waals surface area contributed by atoms with Crippen molar-refractivity contribution in [3.8, 4) is 0 Å². The van der Waals surface area contributed by atoms with Gasteiger partial charge in [-0.2, -0.15) is 0 Å². The van der Waals surface area contributed by atoms with Gasteiger partial charge in [-0.05, 0) is 54.5 Å². The number of rotatable bonds is 4. The fourth-order valence-electron chi connectivity index (χ4n) is 2.80. The Hall–Kier alpha value is -1.65. The van der Waals surface area contributed by atoms with Gasteiger partial charge in [0.25, 0.3) is 5.91 Å². The van der Waals surface area contributed by atoms with Crippen molar-refractivity contribution in [2.24, 2.45) is 0 Å². The van der Waals surface area contributed by atoms with Crippen LogP contribution in [0.5, 0.6) is 0 Å². The average Bonchev–Trinajstić information content (AvgIpc) is 3.26. The fourth-order valence-corrected chi connectivity index (χ4v) is 3.29. The Morgan fingerprint density at radius 2 is 2.04 bits per heavy atom. The Kier molecular flexibility index (Phi) is 4.30. The van der Waals surface area contributed by atoms with E-state index < -0.39 is 0 Å². The molecule has 23 heavy (non-hydrogen) atoms. The first-order valence-corrected chi connectivity index (χ1v) is 8.55. The van der Waals surface area contributed by atoms with E-state index in [2.05, 4.69) is 40.3 Å². The SMILES string of the molecule is Cc1cc(C2(C)CC2)ccc1C(=O)Nc1cccc(Br)c1CO. The number of nitrogens with one attached hydrogen (secondary N) is 1. The van der Waals surface area contributed by atoms with E-state index >= 15 is 0 Å². The van der Waals surface area contributed by atoms with Crippen LogP contribution in [0.25, 0.3) is 0 Å². The van der Waals surface area contributed by atoms with Crippen LogP contribution in [0.3, 0.4) is 0 Å². The van der Waals surface area contributed by atoms with E-state index in [0.29, 0.717) is 22.2 Å². The molecule has 2 N–H and O–H groups in total. The number of aliphatic hydroxyl groups is 1. The lowest BCUT2D eigenvalue weighted by Crippen LogP contribution is -2.15. The smallest absolute Gasteiger partial charge is 0.255 e. The van der Waals surface area contributed by atoms with E-state index in [9.17, 15) is 9.90 Å². The van der Waals surface area contributed by atoms with Gasteiger partial charge in [0.2, 0.25) is 0 Å². The summed E-state index contributed by atoms with van der Waals surface area (Å²) in [6.07, 6.45) is 2.44. The predicted octanol–water partition coefficient (Wildman–Crippen LogP) is 4.55. The number of benzene rings is 2. The maximum Gasteiger partial charge on any atom is 0.255 e. The van der Waals surface area contributed by atoms with E-state index in [0.717, 1.165) is 10.0 Å². The monoisotopic (exact) mass is 373 g/mol. The highest BCUT2D eigenvalue weighted by atomic mass is 79.9. The van der Waals surface area contributed by atoms with Crippen LogP contribution in [-0.2, 0) is 12.0 Å². The molecule has 1 amide bonds. The summed E-state index contributed by atoms with van der Waals surface area (Å²) in [6.45, 7) is 4.10. The number of anilines is 1. The Morgan fingerprint density at radius 1 is 1.30 bits per heavy atom. The highest BCUT2D eigenvalue weighted by molar-refractivity contribution is 9.10. The molecule has 0 heterocycles. The highest BCUT2D eigenvalue weighted by Gasteiger charge is 2.39. The summed E-state index contributed by atoms with van der Waals surface area (Å²) in [6, 6.07) is 11.6. The molecule has 1 saturated carbocycles. The molecule has 3 nitrogen and oxygen atoms in total. The molecule has 4 heteroatoms. The Bertz CT molecular complexity index is 766. The van der Waals surface area contributed by atoms with E-state index in [1.165, 1.54) is 18.4 Å². The third kappa shape index (κ3) is 3.19. The number of hydrogen-bond donors (Lipinski definition) is 2. The second-order valence-electron chi connectivity index (χ2n) is 6.47. The Morgan fingerprint density at radius 3 is 2.65 bits per heavy atom. The lowest BCUT2D eigenvalue weighted by Gasteiger charge is -2.14. The number of aliphatic hydroxyl groups excluding tert-OH is 1. The Labute approximate surface area is 144 Å². The van der Waals surface area contributed by atoms with Gasteiger partial charge in [-0.25, -0.2) is 0 Å². The molecule has 0 unspecified atom stereocenters. The van der Waals surface area contributed by atoms with Gasteiger partial charge in [0.15, 0.2) is 0 Å². The van der Waals surface area contributed by atoms with Crippen molar-refractivity contribution < 1.29 is 9.90 Å². The maximum absolute atomic E-state index is 12.6. The van der Waals surface area contributed by atoms with Gasteiger partial charge in [0, 0.05) is 21.3 Å². The third-order valence-corrected chi connectivity index (χ3v) is 5.44. The number of hydrogen-bond acceptors (Lipinski definition) is 2. The zero-order chi connectivity index (χ0) is 16.6. The molecule has 1 aliphatic rings. The fraction of sp³-hybridized carbons (Fsp3) is 0.316. The summed E-state index contributed by atoms with van der Waals surface area (Å²) in [7, 11) is 0. The van der Waals surface area contributed by atoms with Crippen LogP contribution >= 0.6 is 15.9 Å². The van der Waals surface area contributed by atoms with Gasteiger partial charge in [0.05, 0.1) is 6.61 Å². The standard InChI is InChI=1S/C19H20BrNO2/c1-12-10-13(19(2)8-9-19)6-7-14(12)18(23)21-17-5-3-4-16(20)15(17)11-22/h3-7,10,22H,8-9,11H2,1-2H3,(H,21,23). The van der Waals surface area contributed by atoms with Gasteiger partial charge >= 0.3 is 0 Å². The van der Waals surface area contributed by atoms with Crippen LogP contribution in [0.1, 0.15) is 46.8 Å². The molecule has 2 aromatic carbocycles. The zero-order valence-electron chi connectivity index (χ0n) is 13.3. The second-order valence-corrected chi connectivity index (χ2v) is 7.32. The average molecular weight is 374 g/mol. The van der Waals surface area contributed by atoms with E-state index in [1.54, 1.807) is 6.07 Å². The van der Waals surface area contributed by atoms with Gasteiger partial charge in [-0.15, -0.1) is 0 Å². The Balaban J connectivity index is 1.85. The highest BCUT2D eigenvalue weighted by Crippen LogP contribution is 2.47. The first-order chi connectivity index (χ1) is 10.9. The minimum atomic E-state index is -0.150. The molecule has 0 atom stereocenters. The summed E-state index contributed by atoms with van der Waals surface area (Å²) in [5.41, 5.74) is 4.57. The molecular formula is C19H20BrNO2. The van der Waals surface area contributed by atoms with Crippen molar-refractivity contribution >= 4 is 27.5 Å². The van der Waals surface area contributed by atoms with E-state index in [1.807, 2.05) is 25.1 Å². The van der Waals surface area contributed by atoms with Crippen molar-refractivity contribution in [2.75, 3.05) is 5.32 Å². The lowest BCUT2D eigenvalue weighted by molar-refractivity contribution is 0.102. The molecule has 2 aromatic rings. The van der Waals surface area contributed by atoms with Gasteiger partial charge in [0.1, 0.15) is 0 Å². The van der Waals surface area contributed by atoms with Gasteiger partial charge in [-0.1, -0.05) is 41.1 Å². The number of halogens is 1. The molecule has 120 valence electrons. The number of carbonyl (C=O) groups excluding carboxylic acids is 1. The van der Waals surface area contributed by atoms with Crippen LogP contribution in [0.15, 0.2) is 40.9 Å². The minimum Gasteiger partial charge on any atom is -0.392 e. The molecule has 0 saturated heterocycles. The summed E-state index contributed by atoms with van der Waals surface area (Å²) >= 11 is 3.39. The molecule has 0 aromatic heterocycles. The largest absolute Gasteiger partial charge is 0.392 e. The van der Waals surface area contributed by atoms with Crippen LogP contribution < -0.4 is 5.32 Å². The normalized spacial score (nSPS) is 15.3. The number of amides is 1. The molecule has 0 bridgehead atoms. The molecular weight excluding hydrogens is 354 g/mol. The van der Waals surface area contributed by atoms with Crippen LogP contribution in [0.2, 0.25) is 0 Å². The lowest BCUT2D eigenvalue weighted by atomic mass is 9.94. The van der Waals surface area contributed by atoms with Gasteiger partial charge in [-0.3, -0.25) is 4.79 Å². The summed E-state index contributed by atoms with van der Waals surface area (Å²) in [5, 5.41) is 12.4. The number of carbonyl (C=O) groups is 1. The van der Waals surface area contributed by atoms with Crippen molar-refractivity contribution in [2.45, 2.75) is 38.7 Å². The number of aryl methyl sites for hydroxylation is 1. The van der Waals surface area contributed by atoms with Crippen molar-refractivity contribution in [3.63, 3.8) is 0 Å². The third-order valence-electron chi connectivity index (χ3n) is 4.69. The first kappa shape index (κ1) is 16.2. The van der Waals surface area contributed by atoms with Crippen LogP contribution in [-0.4, -0.2) is 11.0 Å². The van der Waals surface area contributed by atoms with Crippen LogP contribution in [0.4, 0.5) is 5.69 Å². The molecule has 1 fully saturated rings. The van der Waals surface area contributed by atoms with Crippen molar-refractivity contribution in [3.05, 3.63) is 63.1 Å². The summed E-state index contributed by atoms with van der Waals surface area (Å²) < 4.78 is 0.784. The zero-order valence-corrected chi connectivity index (χ0v) is 14.9. The predicted molar refractivity (Wildman–Crippen MR) is 95.8 cm³/mol. The van der Waals surface area contributed by atoms with E-state index in [-0.39, 0.29) is 12.5 Å². The molecule has 3 rings (SSSR count). The van der Waals surface area contributed by atoms with Gasteiger partial charge < -0.3 is 10.4 Å². The molecule has 1 aliphatic carbocycles. The van der Waals surface area contributed by atoms with Crippen LogP contribution in [0, 0.1) is 6.92 Å². The molecule has 0 radical (unpaired) electrons. The molecule has 0 aliphatic heterocycles. The van der Waals surface area contributed by atoms with E-state index in [4.69, 9.17) is 0 Å².